The molecule has 0 saturated carbocycles. The van der Waals surface area contributed by atoms with E-state index in [1.165, 1.54) is 11.3 Å². The molecule has 0 radical (unpaired) electrons. The molecule has 1 aromatic rings. The maximum atomic E-state index is 12.5. The molecule has 2 aliphatic heterocycles. The molecule has 3 heterocycles. The summed E-state index contributed by atoms with van der Waals surface area (Å²) >= 11 is 1.29. The molecule has 2 fully saturated rings. The molecule has 124 valence electrons. The number of thiophene rings is 1. The Hall–Kier alpha value is -0.510. The normalized spacial score (nSPS) is 22.9. The molecule has 0 spiro atoms. The smallest absolute Gasteiger partial charge is 0.252 e. The van der Waals surface area contributed by atoms with Gasteiger partial charge in [0, 0.05) is 52.4 Å². The number of sulfonamides is 1. The third kappa shape index (κ3) is 3.87. The van der Waals surface area contributed by atoms with Crippen LogP contribution >= 0.6 is 11.3 Å². The number of ether oxygens (including phenoxy) is 1. The Bertz CT molecular complexity index is 548. The molecule has 0 aromatic carbocycles. The summed E-state index contributed by atoms with van der Waals surface area (Å²) in [7, 11) is -3.28. The lowest BCUT2D eigenvalue weighted by Gasteiger charge is -2.35. The Kier molecular flexibility index (Phi) is 5.48. The van der Waals surface area contributed by atoms with E-state index < -0.39 is 10.0 Å². The van der Waals surface area contributed by atoms with E-state index in [4.69, 9.17) is 4.74 Å². The van der Waals surface area contributed by atoms with E-state index >= 15 is 0 Å². The largest absolute Gasteiger partial charge is 0.379 e. The Balaban J connectivity index is 1.46. The van der Waals surface area contributed by atoms with Gasteiger partial charge in [-0.05, 0) is 11.4 Å². The molecule has 0 aliphatic carbocycles. The van der Waals surface area contributed by atoms with Gasteiger partial charge in [-0.2, -0.15) is 4.31 Å². The van der Waals surface area contributed by atoms with Crippen LogP contribution < -0.4 is 0 Å². The van der Waals surface area contributed by atoms with Crippen molar-refractivity contribution in [1.29, 1.82) is 0 Å². The molecule has 0 amide bonds. The molecule has 0 bridgehead atoms. The monoisotopic (exact) mass is 345 g/mol. The van der Waals surface area contributed by atoms with Gasteiger partial charge >= 0.3 is 0 Å². The van der Waals surface area contributed by atoms with Gasteiger partial charge in [0.15, 0.2) is 0 Å². The first kappa shape index (κ1) is 16.4. The number of morpholine rings is 1. The molecule has 0 unspecified atom stereocenters. The first-order chi connectivity index (χ1) is 10.7. The van der Waals surface area contributed by atoms with Gasteiger partial charge < -0.3 is 4.74 Å². The highest BCUT2D eigenvalue weighted by Gasteiger charge is 2.29. The summed E-state index contributed by atoms with van der Waals surface area (Å²) < 4.78 is 32.3. The van der Waals surface area contributed by atoms with Crippen molar-refractivity contribution >= 4 is 21.4 Å². The number of hydrogen-bond donors (Lipinski definition) is 0. The molecule has 0 atom stereocenters. The summed E-state index contributed by atoms with van der Waals surface area (Å²) in [4.78, 5) is 4.77. The van der Waals surface area contributed by atoms with Crippen molar-refractivity contribution in [2.75, 3.05) is 65.6 Å². The second-order valence-corrected chi connectivity index (χ2v) is 8.74. The van der Waals surface area contributed by atoms with E-state index in [9.17, 15) is 8.42 Å². The molecule has 6 nitrogen and oxygen atoms in total. The van der Waals surface area contributed by atoms with E-state index in [2.05, 4.69) is 9.80 Å². The maximum Gasteiger partial charge on any atom is 0.252 e. The van der Waals surface area contributed by atoms with Gasteiger partial charge in [-0.3, -0.25) is 9.80 Å². The fraction of sp³-hybridized carbons (Fsp3) is 0.714. The molecule has 8 heteroatoms. The van der Waals surface area contributed by atoms with Crippen molar-refractivity contribution in [3.05, 3.63) is 17.5 Å². The van der Waals surface area contributed by atoms with Crippen LogP contribution in [0.5, 0.6) is 0 Å². The Morgan fingerprint density at radius 1 is 1.00 bits per heavy atom. The third-order valence-corrected chi connectivity index (χ3v) is 7.53. The van der Waals surface area contributed by atoms with Gasteiger partial charge in [-0.1, -0.05) is 6.07 Å². The van der Waals surface area contributed by atoms with Crippen LogP contribution in [0.2, 0.25) is 0 Å². The van der Waals surface area contributed by atoms with Gasteiger partial charge in [0.2, 0.25) is 0 Å². The van der Waals surface area contributed by atoms with Crippen LogP contribution in [0.4, 0.5) is 0 Å². The first-order valence-electron chi connectivity index (χ1n) is 7.72. The predicted molar refractivity (Wildman–Crippen MR) is 86.8 cm³/mol. The highest BCUT2D eigenvalue weighted by molar-refractivity contribution is 7.91. The second-order valence-electron chi connectivity index (χ2n) is 5.63. The van der Waals surface area contributed by atoms with Crippen LogP contribution in [0, 0.1) is 0 Å². The molecule has 1 aromatic heterocycles. The fourth-order valence-corrected chi connectivity index (χ4v) is 5.41. The Labute approximate surface area is 136 Å². The van der Waals surface area contributed by atoms with Crippen molar-refractivity contribution in [2.45, 2.75) is 4.21 Å². The average Bonchev–Trinajstić information content (AvgIpc) is 3.10. The molecule has 0 N–H and O–H groups in total. The van der Waals surface area contributed by atoms with E-state index in [1.54, 1.807) is 16.4 Å². The summed E-state index contributed by atoms with van der Waals surface area (Å²) in [5.74, 6) is 0. The van der Waals surface area contributed by atoms with Crippen molar-refractivity contribution < 1.29 is 13.2 Å². The van der Waals surface area contributed by atoms with Crippen molar-refractivity contribution in [2.24, 2.45) is 0 Å². The molecule has 2 aliphatic rings. The highest BCUT2D eigenvalue weighted by atomic mass is 32.2. The topological polar surface area (TPSA) is 53.1 Å². The second kappa shape index (κ2) is 7.37. The number of piperazine rings is 1. The standard InChI is InChI=1S/C14H23N3O3S2/c18-22(19,14-2-1-13-21-14)17-7-5-15(6-8-17)3-4-16-9-11-20-12-10-16/h1-2,13H,3-12H2. The zero-order valence-electron chi connectivity index (χ0n) is 12.7. The Morgan fingerprint density at radius 3 is 2.23 bits per heavy atom. The summed E-state index contributed by atoms with van der Waals surface area (Å²) in [5.41, 5.74) is 0. The summed E-state index contributed by atoms with van der Waals surface area (Å²) in [6.45, 7) is 8.52. The molecular formula is C14H23N3O3S2. The van der Waals surface area contributed by atoms with Crippen LogP contribution in [-0.4, -0.2) is 88.1 Å². The van der Waals surface area contributed by atoms with Gasteiger partial charge in [0.1, 0.15) is 4.21 Å². The van der Waals surface area contributed by atoms with Crippen LogP contribution in [0.15, 0.2) is 21.7 Å². The third-order valence-electron chi connectivity index (χ3n) is 4.26. The van der Waals surface area contributed by atoms with Gasteiger partial charge in [0.05, 0.1) is 13.2 Å². The summed E-state index contributed by atoms with van der Waals surface area (Å²) in [6, 6.07) is 3.47. The molecule has 22 heavy (non-hydrogen) atoms. The zero-order valence-corrected chi connectivity index (χ0v) is 14.3. The number of hydrogen-bond acceptors (Lipinski definition) is 6. The van der Waals surface area contributed by atoms with E-state index in [0.29, 0.717) is 17.3 Å². The lowest BCUT2D eigenvalue weighted by atomic mass is 10.3. The predicted octanol–water partition coefficient (Wildman–Crippen LogP) is 0.387. The summed E-state index contributed by atoms with van der Waals surface area (Å²) in [6.07, 6.45) is 0. The van der Waals surface area contributed by atoms with Gasteiger partial charge in [-0.25, -0.2) is 8.42 Å². The van der Waals surface area contributed by atoms with Crippen LogP contribution in [0.3, 0.4) is 0 Å². The number of rotatable bonds is 5. The van der Waals surface area contributed by atoms with Gasteiger partial charge in [-0.15, -0.1) is 11.3 Å². The average molecular weight is 345 g/mol. The minimum absolute atomic E-state index is 0.453. The quantitative estimate of drug-likeness (QED) is 0.773. The molecule has 2 saturated heterocycles. The van der Waals surface area contributed by atoms with Crippen molar-refractivity contribution in [3.63, 3.8) is 0 Å². The highest BCUT2D eigenvalue weighted by Crippen LogP contribution is 2.21. The van der Waals surface area contributed by atoms with Crippen molar-refractivity contribution in [1.82, 2.24) is 14.1 Å². The van der Waals surface area contributed by atoms with Crippen LogP contribution in [0.25, 0.3) is 0 Å². The fourth-order valence-electron chi connectivity index (χ4n) is 2.84. The van der Waals surface area contributed by atoms with Crippen LogP contribution in [0.1, 0.15) is 0 Å². The van der Waals surface area contributed by atoms with Crippen LogP contribution in [-0.2, 0) is 14.8 Å². The van der Waals surface area contributed by atoms with E-state index in [0.717, 1.165) is 52.5 Å². The number of nitrogens with zero attached hydrogens (tertiary/aromatic N) is 3. The lowest BCUT2D eigenvalue weighted by molar-refractivity contribution is 0.0317. The lowest BCUT2D eigenvalue weighted by Crippen LogP contribution is -2.50. The summed E-state index contributed by atoms with van der Waals surface area (Å²) in [5, 5.41) is 1.81. The minimum Gasteiger partial charge on any atom is -0.379 e. The first-order valence-corrected chi connectivity index (χ1v) is 10.0. The Morgan fingerprint density at radius 2 is 1.64 bits per heavy atom. The molecular weight excluding hydrogens is 322 g/mol. The van der Waals surface area contributed by atoms with Gasteiger partial charge in [0.25, 0.3) is 10.0 Å². The van der Waals surface area contributed by atoms with E-state index in [-0.39, 0.29) is 0 Å². The zero-order chi connectivity index (χ0) is 15.4. The van der Waals surface area contributed by atoms with Crippen molar-refractivity contribution in [3.8, 4) is 0 Å². The minimum atomic E-state index is -3.28. The molecule has 3 rings (SSSR count). The van der Waals surface area contributed by atoms with E-state index in [1.807, 2.05) is 5.38 Å². The SMILES string of the molecule is O=S(=O)(c1cccs1)N1CCN(CCN2CCOCC2)CC1. The maximum absolute atomic E-state index is 12.5.